The number of benzene rings is 1. The van der Waals surface area contributed by atoms with Crippen molar-refractivity contribution < 1.29 is 9.85 Å². The Morgan fingerprint density at radius 1 is 1.21 bits per heavy atom. The molecule has 0 radical (unpaired) electrons. The maximum atomic E-state index is 10.9. The highest BCUT2D eigenvalue weighted by Gasteiger charge is 2.26. The molecule has 1 aromatic carbocycles. The fourth-order valence-electron chi connectivity index (χ4n) is 1.74. The number of nitro benzene ring substituents is 1. The van der Waals surface area contributed by atoms with Crippen LogP contribution in [-0.2, 0) is 0 Å². The van der Waals surface area contributed by atoms with Gasteiger partial charge in [-0.15, -0.1) is 0 Å². The Labute approximate surface area is 106 Å². The van der Waals surface area contributed by atoms with E-state index in [9.17, 15) is 20.2 Å². The van der Waals surface area contributed by atoms with Gasteiger partial charge in [0.05, 0.1) is 9.85 Å². The number of rotatable bonds is 3. The van der Waals surface area contributed by atoms with Crippen molar-refractivity contribution in [2.75, 3.05) is 5.73 Å². The molecule has 2 N–H and O–H groups in total. The number of hydrogen-bond donors (Lipinski definition) is 1. The molecule has 19 heavy (non-hydrogen) atoms. The Kier molecular flexibility index (Phi) is 2.87. The average Bonchev–Trinajstić information content (AvgIpc) is 2.64. The zero-order valence-electron chi connectivity index (χ0n) is 9.81. The summed E-state index contributed by atoms with van der Waals surface area (Å²) < 4.78 is 1.01. The first-order valence-electron chi connectivity index (χ1n) is 5.16. The molecule has 98 valence electrons. The van der Waals surface area contributed by atoms with Crippen LogP contribution < -0.4 is 5.73 Å². The standard InChI is InChI=1S/C10H9N5O4/c1-6-9(15(18)19)10(11)13(12-6)7-4-2-3-5-8(7)14(16)17/h2-5H,11H2,1H3. The fourth-order valence-corrected chi connectivity index (χ4v) is 1.74. The maximum absolute atomic E-state index is 10.9. The fraction of sp³-hybridized carbons (Fsp3) is 0.100. The van der Waals surface area contributed by atoms with Crippen LogP contribution in [-0.4, -0.2) is 19.6 Å². The molecule has 9 heteroatoms. The van der Waals surface area contributed by atoms with E-state index in [0.717, 1.165) is 4.68 Å². The molecular formula is C10H9N5O4. The van der Waals surface area contributed by atoms with Gasteiger partial charge in [0.15, 0.2) is 0 Å². The Morgan fingerprint density at radius 3 is 2.37 bits per heavy atom. The molecule has 1 aromatic heterocycles. The molecule has 0 spiro atoms. The molecule has 1 heterocycles. The summed E-state index contributed by atoms with van der Waals surface area (Å²) in [6.07, 6.45) is 0. The Hall–Kier alpha value is -2.97. The van der Waals surface area contributed by atoms with E-state index in [4.69, 9.17) is 5.73 Å². The molecule has 0 bridgehead atoms. The minimum atomic E-state index is -0.664. The first-order valence-corrected chi connectivity index (χ1v) is 5.16. The minimum absolute atomic E-state index is 0.0844. The third-order valence-corrected chi connectivity index (χ3v) is 2.55. The highest BCUT2D eigenvalue weighted by molar-refractivity contribution is 5.63. The summed E-state index contributed by atoms with van der Waals surface area (Å²) in [6, 6.07) is 5.75. The molecule has 0 aliphatic carbocycles. The third kappa shape index (κ3) is 1.97. The molecule has 0 amide bonds. The van der Waals surface area contributed by atoms with Gasteiger partial charge in [0, 0.05) is 6.07 Å². The number of hydrogen-bond acceptors (Lipinski definition) is 6. The highest BCUT2D eigenvalue weighted by atomic mass is 16.6. The van der Waals surface area contributed by atoms with Crippen LogP contribution in [0.1, 0.15) is 5.69 Å². The molecule has 9 nitrogen and oxygen atoms in total. The normalized spacial score (nSPS) is 10.4. The second-order valence-corrected chi connectivity index (χ2v) is 3.73. The van der Waals surface area contributed by atoms with Crippen LogP contribution in [0.2, 0.25) is 0 Å². The number of aromatic nitrogens is 2. The second kappa shape index (κ2) is 4.37. The summed E-state index contributed by atoms with van der Waals surface area (Å²) in [7, 11) is 0. The number of nitrogen functional groups attached to an aromatic ring is 1. The first-order chi connectivity index (χ1) is 8.93. The average molecular weight is 263 g/mol. The molecule has 0 aliphatic rings. The van der Waals surface area contributed by atoms with Crippen molar-refractivity contribution in [1.82, 2.24) is 9.78 Å². The van der Waals surface area contributed by atoms with E-state index in [2.05, 4.69) is 5.10 Å². The smallest absolute Gasteiger partial charge is 0.333 e. The lowest BCUT2D eigenvalue weighted by atomic mass is 10.2. The number of aryl methyl sites for hydroxylation is 1. The van der Waals surface area contributed by atoms with Crippen LogP contribution in [0.5, 0.6) is 0 Å². The molecule has 2 aromatic rings. The monoisotopic (exact) mass is 263 g/mol. The van der Waals surface area contributed by atoms with E-state index in [1.807, 2.05) is 0 Å². The summed E-state index contributed by atoms with van der Waals surface area (Å²) in [6.45, 7) is 1.42. The van der Waals surface area contributed by atoms with E-state index >= 15 is 0 Å². The van der Waals surface area contributed by atoms with Crippen molar-refractivity contribution in [3.63, 3.8) is 0 Å². The first kappa shape index (κ1) is 12.5. The van der Waals surface area contributed by atoms with Gasteiger partial charge >= 0.3 is 5.69 Å². The topological polar surface area (TPSA) is 130 Å². The van der Waals surface area contributed by atoms with Gasteiger partial charge in [0.1, 0.15) is 11.4 Å². The van der Waals surface area contributed by atoms with Crippen LogP contribution in [0.3, 0.4) is 0 Å². The number of para-hydroxylation sites is 2. The van der Waals surface area contributed by atoms with Gasteiger partial charge in [-0.25, -0.2) is 4.68 Å². The van der Waals surface area contributed by atoms with Gasteiger partial charge in [-0.1, -0.05) is 12.1 Å². The summed E-state index contributed by atoms with van der Waals surface area (Å²) in [5.74, 6) is -0.239. The van der Waals surface area contributed by atoms with E-state index < -0.39 is 9.85 Å². The molecule has 0 fully saturated rings. The van der Waals surface area contributed by atoms with Crippen molar-refractivity contribution in [1.29, 1.82) is 0 Å². The van der Waals surface area contributed by atoms with Gasteiger partial charge in [-0.05, 0) is 13.0 Å². The van der Waals surface area contributed by atoms with Gasteiger partial charge < -0.3 is 5.73 Å². The van der Waals surface area contributed by atoms with Gasteiger partial charge in [0.2, 0.25) is 5.82 Å². The molecule has 0 aliphatic heterocycles. The number of nitro groups is 2. The van der Waals surface area contributed by atoms with Crippen molar-refractivity contribution in [3.8, 4) is 5.69 Å². The number of nitrogens with zero attached hydrogens (tertiary/aromatic N) is 4. The second-order valence-electron chi connectivity index (χ2n) is 3.73. The SMILES string of the molecule is Cc1nn(-c2ccccc2[N+](=O)[O-])c(N)c1[N+](=O)[O-]. The highest BCUT2D eigenvalue weighted by Crippen LogP contribution is 2.31. The number of anilines is 1. The molecule has 0 unspecified atom stereocenters. The van der Waals surface area contributed by atoms with Crippen LogP contribution in [0.25, 0.3) is 5.69 Å². The predicted octanol–water partition coefficient (Wildman–Crippen LogP) is 1.58. The summed E-state index contributed by atoms with van der Waals surface area (Å²) in [5.41, 5.74) is 5.25. The van der Waals surface area contributed by atoms with Crippen LogP contribution in [0, 0.1) is 27.2 Å². The van der Waals surface area contributed by atoms with Gasteiger partial charge in [-0.2, -0.15) is 5.10 Å². The van der Waals surface area contributed by atoms with Crippen molar-refractivity contribution in [2.24, 2.45) is 0 Å². The van der Waals surface area contributed by atoms with E-state index in [1.54, 1.807) is 6.07 Å². The van der Waals surface area contributed by atoms with Crippen LogP contribution >= 0.6 is 0 Å². The van der Waals surface area contributed by atoms with E-state index in [1.165, 1.54) is 25.1 Å². The Bertz CT molecular complexity index is 679. The molecule has 0 atom stereocenters. The zero-order valence-corrected chi connectivity index (χ0v) is 9.81. The lowest BCUT2D eigenvalue weighted by molar-refractivity contribution is -0.385. The third-order valence-electron chi connectivity index (χ3n) is 2.55. The molecule has 0 saturated heterocycles. The molecule has 2 rings (SSSR count). The Balaban J connectivity index is 2.70. The largest absolute Gasteiger partial charge is 0.378 e. The lowest BCUT2D eigenvalue weighted by Gasteiger charge is -2.03. The van der Waals surface area contributed by atoms with Crippen molar-refractivity contribution in [3.05, 3.63) is 50.2 Å². The van der Waals surface area contributed by atoms with Crippen molar-refractivity contribution in [2.45, 2.75) is 6.92 Å². The van der Waals surface area contributed by atoms with Crippen molar-refractivity contribution >= 4 is 17.2 Å². The van der Waals surface area contributed by atoms with E-state index in [0.29, 0.717) is 0 Å². The summed E-state index contributed by atoms with van der Waals surface area (Å²) >= 11 is 0. The van der Waals surface area contributed by atoms with Crippen LogP contribution in [0.15, 0.2) is 24.3 Å². The van der Waals surface area contributed by atoms with Gasteiger partial charge in [-0.3, -0.25) is 20.2 Å². The quantitative estimate of drug-likeness (QED) is 0.660. The van der Waals surface area contributed by atoms with Gasteiger partial charge in [0.25, 0.3) is 5.69 Å². The molecule has 0 saturated carbocycles. The predicted molar refractivity (Wildman–Crippen MR) is 66.0 cm³/mol. The number of nitrogens with two attached hydrogens (primary N) is 1. The lowest BCUT2D eigenvalue weighted by Crippen LogP contribution is -2.05. The maximum Gasteiger partial charge on any atom is 0.333 e. The summed E-state index contributed by atoms with van der Waals surface area (Å²) in [4.78, 5) is 20.5. The minimum Gasteiger partial charge on any atom is -0.378 e. The Morgan fingerprint density at radius 2 is 1.84 bits per heavy atom. The molecular weight excluding hydrogens is 254 g/mol. The zero-order chi connectivity index (χ0) is 14.2. The van der Waals surface area contributed by atoms with Crippen LogP contribution in [0.4, 0.5) is 17.2 Å². The summed E-state index contributed by atoms with van der Waals surface area (Å²) in [5, 5.41) is 25.7. The van der Waals surface area contributed by atoms with E-state index in [-0.39, 0.29) is 28.6 Å².